The molecule has 0 saturated heterocycles. The van der Waals surface area contributed by atoms with Gasteiger partial charge in [0.15, 0.2) is 6.61 Å². The molecule has 3 aromatic rings. The third kappa shape index (κ3) is 6.60. The number of anilines is 1. The summed E-state index contributed by atoms with van der Waals surface area (Å²) in [5, 5.41) is 6.70. The van der Waals surface area contributed by atoms with Gasteiger partial charge in [0.2, 0.25) is 0 Å². The Bertz CT molecular complexity index is 1060. The van der Waals surface area contributed by atoms with Crippen LogP contribution in [0.3, 0.4) is 0 Å². The molecule has 0 aliphatic carbocycles. The fourth-order valence-electron chi connectivity index (χ4n) is 2.64. The summed E-state index contributed by atoms with van der Waals surface area (Å²) in [6.45, 7) is -0.128. The summed E-state index contributed by atoms with van der Waals surface area (Å²) >= 11 is 0. The van der Waals surface area contributed by atoms with Gasteiger partial charge in [-0.3, -0.25) is 9.59 Å². The lowest BCUT2D eigenvalue weighted by Crippen LogP contribution is -2.20. The van der Waals surface area contributed by atoms with Crippen molar-refractivity contribution in [1.82, 2.24) is 5.43 Å². The fourth-order valence-corrected chi connectivity index (χ4v) is 2.64. The molecule has 0 atom stereocenters. The average molecular weight is 433 g/mol. The summed E-state index contributed by atoms with van der Waals surface area (Å²) in [7, 11) is 3.14. The van der Waals surface area contributed by atoms with E-state index in [1.165, 1.54) is 6.21 Å². The Kier molecular flexibility index (Phi) is 7.80. The van der Waals surface area contributed by atoms with Crippen molar-refractivity contribution in [3.63, 3.8) is 0 Å². The highest BCUT2D eigenvalue weighted by molar-refractivity contribution is 5.95. The van der Waals surface area contributed by atoms with Gasteiger partial charge in [0.1, 0.15) is 17.2 Å². The van der Waals surface area contributed by atoms with Crippen molar-refractivity contribution in [2.45, 2.75) is 0 Å². The minimum atomic E-state index is -0.327. The third-order valence-electron chi connectivity index (χ3n) is 4.36. The van der Waals surface area contributed by atoms with Crippen molar-refractivity contribution in [2.24, 2.45) is 5.10 Å². The molecule has 0 unspecified atom stereocenters. The quantitative estimate of drug-likeness (QED) is 0.398. The molecule has 32 heavy (non-hydrogen) atoms. The predicted octanol–water partition coefficient (Wildman–Crippen LogP) is 3.49. The van der Waals surface area contributed by atoms with E-state index >= 15 is 0 Å². The van der Waals surface area contributed by atoms with Crippen LogP contribution in [0.5, 0.6) is 17.2 Å². The molecular weight excluding hydrogens is 410 g/mol. The van der Waals surface area contributed by atoms with E-state index in [0.29, 0.717) is 28.5 Å². The second-order valence-electron chi connectivity index (χ2n) is 6.56. The molecule has 2 amide bonds. The number of nitrogens with one attached hydrogen (secondary N) is 2. The van der Waals surface area contributed by atoms with Crippen molar-refractivity contribution >= 4 is 23.7 Å². The van der Waals surface area contributed by atoms with Gasteiger partial charge in [-0.1, -0.05) is 0 Å². The van der Waals surface area contributed by atoms with Gasteiger partial charge in [0.25, 0.3) is 11.8 Å². The van der Waals surface area contributed by atoms with E-state index < -0.39 is 0 Å². The number of hydrazone groups is 1. The SMILES string of the molecule is COc1ccc(NC(=O)COc2ccc(/C=N\NC(=O)c3ccc(OC)cc3)cc2)cc1. The third-order valence-corrected chi connectivity index (χ3v) is 4.36. The molecule has 0 aromatic heterocycles. The normalized spacial score (nSPS) is 10.4. The lowest BCUT2D eigenvalue weighted by atomic mass is 10.2. The van der Waals surface area contributed by atoms with E-state index in [4.69, 9.17) is 14.2 Å². The van der Waals surface area contributed by atoms with Crippen LogP contribution in [0.25, 0.3) is 0 Å². The second-order valence-corrected chi connectivity index (χ2v) is 6.56. The number of methoxy groups -OCH3 is 2. The highest BCUT2D eigenvalue weighted by Gasteiger charge is 2.05. The van der Waals surface area contributed by atoms with E-state index in [9.17, 15) is 9.59 Å². The van der Waals surface area contributed by atoms with E-state index in [-0.39, 0.29) is 18.4 Å². The fraction of sp³-hybridized carbons (Fsp3) is 0.125. The van der Waals surface area contributed by atoms with Crippen LogP contribution in [-0.2, 0) is 4.79 Å². The van der Waals surface area contributed by atoms with Crippen molar-refractivity contribution in [1.29, 1.82) is 0 Å². The van der Waals surface area contributed by atoms with Gasteiger partial charge in [-0.05, 0) is 78.4 Å². The first kappa shape index (κ1) is 22.4. The minimum Gasteiger partial charge on any atom is -0.497 e. The van der Waals surface area contributed by atoms with E-state index in [1.54, 1.807) is 87.0 Å². The summed E-state index contributed by atoms with van der Waals surface area (Å²) in [5.41, 5.74) is 4.35. The summed E-state index contributed by atoms with van der Waals surface area (Å²) < 4.78 is 15.6. The number of amides is 2. The maximum Gasteiger partial charge on any atom is 0.271 e. The molecule has 0 aliphatic heterocycles. The minimum absolute atomic E-state index is 0.128. The molecule has 0 fully saturated rings. The van der Waals surface area contributed by atoms with E-state index in [2.05, 4.69) is 15.8 Å². The van der Waals surface area contributed by atoms with Crippen molar-refractivity contribution in [2.75, 3.05) is 26.1 Å². The van der Waals surface area contributed by atoms with E-state index in [1.807, 2.05) is 0 Å². The smallest absolute Gasteiger partial charge is 0.271 e. The Morgan fingerprint density at radius 2 is 1.38 bits per heavy atom. The number of hydrogen-bond donors (Lipinski definition) is 2. The molecule has 0 spiro atoms. The molecule has 8 heteroatoms. The molecule has 0 saturated carbocycles. The van der Waals surface area contributed by atoms with Crippen LogP contribution >= 0.6 is 0 Å². The zero-order chi connectivity index (χ0) is 22.8. The summed E-state index contributed by atoms with van der Waals surface area (Å²) in [6.07, 6.45) is 1.52. The Morgan fingerprint density at radius 3 is 1.97 bits per heavy atom. The molecule has 0 heterocycles. The molecular formula is C24H23N3O5. The topological polar surface area (TPSA) is 98.3 Å². The van der Waals surface area contributed by atoms with Gasteiger partial charge in [-0.25, -0.2) is 5.43 Å². The Balaban J connectivity index is 1.44. The van der Waals surface area contributed by atoms with Gasteiger partial charge in [0, 0.05) is 11.3 Å². The zero-order valence-electron chi connectivity index (χ0n) is 17.7. The van der Waals surface area contributed by atoms with Crippen molar-refractivity contribution < 1.29 is 23.8 Å². The summed E-state index contributed by atoms with van der Waals surface area (Å²) in [4.78, 5) is 24.1. The average Bonchev–Trinajstić information content (AvgIpc) is 2.84. The van der Waals surface area contributed by atoms with E-state index in [0.717, 1.165) is 5.56 Å². The largest absolute Gasteiger partial charge is 0.497 e. The molecule has 164 valence electrons. The monoisotopic (exact) mass is 433 g/mol. The number of hydrogen-bond acceptors (Lipinski definition) is 6. The van der Waals surface area contributed by atoms with Gasteiger partial charge >= 0.3 is 0 Å². The standard InChI is InChI=1S/C24H23N3O5/c1-30-20-11-5-18(6-12-20)24(29)27-25-15-17-3-9-22(10-4-17)32-16-23(28)26-19-7-13-21(31-2)14-8-19/h3-15H,16H2,1-2H3,(H,26,28)(H,27,29)/b25-15-. The van der Waals surface area contributed by atoms with Gasteiger partial charge in [-0.2, -0.15) is 5.10 Å². The number of rotatable bonds is 9. The van der Waals surface area contributed by atoms with Crippen LogP contribution in [-0.4, -0.2) is 38.9 Å². The molecule has 0 radical (unpaired) electrons. The maximum absolute atomic E-state index is 12.1. The van der Waals surface area contributed by atoms with Crippen molar-refractivity contribution in [3.8, 4) is 17.2 Å². The Labute approximate surface area is 185 Å². The zero-order valence-corrected chi connectivity index (χ0v) is 17.7. The maximum atomic E-state index is 12.1. The first-order valence-electron chi connectivity index (χ1n) is 9.71. The van der Waals surface area contributed by atoms with Gasteiger partial charge in [0.05, 0.1) is 20.4 Å². The summed E-state index contributed by atoms with van der Waals surface area (Å²) in [5.74, 6) is 1.32. The number of carbonyl (C=O) groups is 2. The Hall–Kier alpha value is -4.33. The Morgan fingerprint density at radius 1 is 0.812 bits per heavy atom. The summed E-state index contributed by atoms with van der Waals surface area (Å²) in [6, 6.07) is 20.7. The van der Waals surface area contributed by atoms with Crippen LogP contribution in [0, 0.1) is 0 Å². The number of benzene rings is 3. The van der Waals surface area contributed by atoms with Gasteiger partial charge in [-0.15, -0.1) is 0 Å². The molecule has 3 rings (SSSR count). The highest BCUT2D eigenvalue weighted by atomic mass is 16.5. The first-order chi connectivity index (χ1) is 15.6. The van der Waals surface area contributed by atoms with Crippen LogP contribution in [0.1, 0.15) is 15.9 Å². The molecule has 3 aromatic carbocycles. The lowest BCUT2D eigenvalue weighted by Gasteiger charge is -2.08. The van der Waals surface area contributed by atoms with Crippen LogP contribution in [0.15, 0.2) is 77.9 Å². The highest BCUT2D eigenvalue weighted by Crippen LogP contribution is 2.15. The number of nitrogens with zero attached hydrogens (tertiary/aromatic N) is 1. The van der Waals surface area contributed by atoms with Crippen molar-refractivity contribution in [3.05, 3.63) is 83.9 Å². The van der Waals surface area contributed by atoms with Crippen LogP contribution in [0.2, 0.25) is 0 Å². The number of carbonyl (C=O) groups excluding carboxylic acids is 2. The second kappa shape index (κ2) is 11.2. The molecule has 2 N–H and O–H groups in total. The van der Waals surface area contributed by atoms with Crippen LogP contribution < -0.4 is 25.0 Å². The number of ether oxygens (including phenoxy) is 3. The predicted molar refractivity (Wildman–Crippen MR) is 122 cm³/mol. The first-order valence-corrected chi connectivity index (χ1v) is 9.71. The lowest BCUT2D eigenvalue weighted by molar-refractivity contribution is -0.118. The molecule has 0 aliphatic rings. The van der Waals surface area contributed by atoms with Crippen LogP contribution in [0.4, 0.5) is 5.69 Å². The molecule has 0 bridgehead atoms. The van der Waals surface area contributed by atoms with Gasteiger partial charge < -0.3 is 19.5 Å². The molecule has 8 nitrogen and oxygen atoms in total.